The van der Waals surface area contributed by atoms with Gasteiger partial charge in [0, 0.05) is 20.3 Å². The fourth-order valence-electron chi connectivity index (χ4n) is 1.64. The Morgan fingerprint density at radius 2 is 2.11 bits per heavy atom. The van der Waals surface area contributed by atoms with E-state index in [1.54, 1.807) is 18.2 Å². The molecule has 19 heavy (non-hydrogen) atoms. The van der Waals surface area contributed by atoms with Gasteiger partial charge in [-0.1, -0.05) is 29.3 Å². The average Bonchev–Trinajstić information content (AvgIpc) is 2.75. The topological polar surface area (TPSA) is 29.1 Å². The van der Waals surface area contributed by atoms with Crippen LogP contribution in [0.15, 0.2) is 34.5 Å². The van der Waals surface area contributed by atoms with E-state index in [2.05, 4.69) is 17.9 Å². The summed E-state index contributed by atoms with van der Waals surface area (Å²) in [5.74, 6) is -0.135. The summed E-state index contributed by atoms with van der Waals surface area (Å²) in [6.07, 6.45) is 0. The third-order valence-corrected chi connectivity index (χ3v) is 4.51. The summed E-state index contributed by atoms with van der Waals surface area (Å²) in [5.41, 5.74) is 0.835. The fourth-order valence-corrected chi connectivity index (χ4v) is 3.27. The summed E-state index contributed by atoms with van der Waals surface area (Å²) < 4.78 is 0. The molecule has 2 aromatic rings. The summed E-state index contributed by atoms with van der Waals surface area (Å²) in [5, 5.41) is 5.83. The Kier molecular flexibility index (Phi) is 4.79. The van der Waals surface area contributed by atoms with Crippen LogP contribution in [-0.4, -0.2) is 5.91 Å². The van der Waals surface area contributed by atoms with Crippen LogP contribution in [0.2, 0.25) is 10.0 Å². The summed E-state index contributed by atoms with van der Waals surface area (Å²) in [6.45, 7) is 1.88. The molecule has 0 fully saturated rings. The number of rotatable bonds is 3. The third kappa shape index (κ3) is 3.66. The van der Waals surface area contributed by atoms with Gasteiger partial charge >= 0.3 is 0 Å². The van der Waals surface area contributed by atoms with Gasteiger partial charge in [-0.3, -0.25) is 4.79 Å². The molecule has 0 radical (unpaired) electrons. The molecule has 100 valence electrons. The van der Waals surface area contributed by atoms with Crippen LogP contribution in [0.4, 0.5) is 0 Å². The minimum atomic E-state index is -0.192. The predicted octanol–water partition coefficient (Wildman–Crippen LogP) is 4.83. The molecule has 0 aliphatic carbocycles. The lowest BCUT2D eigenvalue weighted by molar-refractivity contribution is 0.0944. The van der Waals surface area contributed by atoms with Crippen LogP contribution in [0.25, 0.3) is 0 Å². The highest BCUT2D eigenvalue weighted by Gasteiger charge is 2.15. The molecule has 6 heteroatoms. The minimum absolute atomic E-state index is 0.135. The largest absolute Gasteiger partial charge is 0.345 e. The molecular weight excluding hydrogens is 321 g/mol. The van der Waals surface area contributed by atoms with Crippen molar-refractivity contribution in [3.05, 3.63) is 50.1 Å². The summed E-state index contributed by atoms with van der Waals surface area (Å²) >= 11 is 17.5. The summed E-state index contributed by atoms with van der Waals surface area (Å²) in [6, 6.07) is 6.77. The van der Waals surface area contributed by atoms with E-state index < -0.39 is 0 Å². The van der Waals surface area contributed by atoms with Gasteiger partial charge in [-0.25, -0.2) is 0 Å². The molecule has 1 N–H and O–H groups in total. The Balaban J connectivity index is 2.12. The second-order valence-electron chi connectivity index (χ2n) is 4.03. The first-order valence-electron chi connectivity index (χ1n) is 5.50. The molecule has 1 atom stereocenters. The number of carbonyl (C=O) groups is 1. The van der Waals surface area contributed by atoms with E-state index >= 15 is 0 Å². The van der Waals surface area contributed by atoms with Crippen LogP contribution in [0.1, 0.15) is 28.2 Å². The Hall–Kier alpha value is -0.680. The van der Waals surface area contributed by atoms with Crippen molar-refractivity contribution in [2.75, 3.05) is 0 Å². The molecule has 2 nitrogen and oxygen atoms in total. The number of hydrogen-bond acceptors (Lipinski definition) is 3. The monoisotopic (exact) mass is 331 g/mol. The number of thiophene rings is 1. The maximum Gasteiger partial charge on any atom is 0.261 e. The second kappa shape index (κ2) is 6.18. The Labute approximate surface area is 131 Å². The maximum atomic E-state index is 12.0. The van der Waals surface area contributed by atoms with Crippen molar-refractivity contribution in [1.82, 2.24) is 5.32 Å². The average molecular weight is 332 g/mol. The summed E-state index contributed by atoms with van der Waals surface area (Å²) in [4.78, 5) is 13.4. The molecule has 0 spiro atoms. The quantitative estimate of drug-likeness (QED) is 0.774. The first-order chi connectivity index (χ1) is 8.97. The van der Waals surface area contributed by atoms with Crippen molar-refractivity contribution < 1.29 is 4.79 Å². The lowest BCUT2D eigenvalue weighted by Crippen LogP contribution is -2.26. The van der Waals surface area contributed by atoms with Crippen molar-refractivity contribution in [2.45, 2.75) is 17.9 Å². The molecule has 0 bridgehead atoms. The van der Waals surface area contributed by atoms with Gasteiger partial charge in [-0.05, 0) is 30.7 Å². The van der Waals surface area contributed by atoms with E-state index in [0.717, 1.165) is 10.5 Å². The molecule has 1 unspecified atom stereocenters. The van der Waals surface area contributed by atoms with Gasteiger partial charge in [0.1, 0.15) is 0 Å². The fraction of sp³-hybridized carbons (Fsp3) is 0.154. The van der Waals surface area contributed by atoms with Gasteiger partial charge in [-0.2, -0.15) is 0 Å². The van der Waals surface area contributed by atoms with E-state index in [0.29, 0.717) is 14.9 Å². The number of hydrogen-bond donors (Lipinski definition) is 2. The number of nitrogens with one attached hydrogen (secondary N) is 1. The van der Waals surface area contributed by atoms with E-state index in [4.69, 9.17) is 23.2 Å². The second-order valence-corrected chi connectivity index (χ2v) is 6.30. The zero-order valence-corrected chi connectivity index (χ0v) is 13.2. The lowest BCUT2D eigenvalue weighted by Gasteiger charge is -2.15. The van der Waals surface area contributed by atoms with Gasteiger partial charge in [0.25, 0.3) is 5.91 Å². The molecular formula is C13H11Cl2NOS2. The van der Waals surface area contributed by atoms with Gasteiger partial charge in [0.2, 0.25) is 0 Å². The molecule has 1 aromatic carbocycles. The number of thiol groups is 1. The highest BCUT2D eigenvalue weighted by Crippen LogP contribution is 2.26. The van der Waals surface area contributed by atoms with Crippen LogP contribution >= 0.6 is 47.2 Å². The van der Waals surface area contributed by atoms with Crippen LogP contribution < -0.4 is 5.32 Å². The normalized spacial score (nSPS) is 12.2. The number of amides is 1. The highest BCUT2D eigenvalue weighted by atomic mass is 35.5. The van der Waals surface area contributed by atoms with E-state index in [1.165, 1.54) is 11.3 Å². The van der Waals surface area contributed by atoms with Crippen molar-refractivity contribution in [2.24, 2.45) is 0 Å². The van der Waals surface area contributed by atoms with Crippen LogP contribution in [-0.2, 0) is 0 Å². The molecule has 0 aliphatic heterocycles. The first kappa shape index (κ1) is 14.7. The van der Waals surface area contributed by atoms with Gasteiger partial charge in [0.15, 0.2) is 0 Å². The van der Waals surface area contributed by atoms with Crippen molar-refractivity contribution in [3.8, 4) is 0 Å². The molecule has 0 saturated heterocycles. The van der Waals surface area contributed by atoms with Crippen LogP contribution in [0, 0.1) is 0 Å². The molecule has 1 heterocycles. The highest BCUT2D eigenvalue weighted by molar-refractivity contribution is 7.80. The van der Waals surface area contributed by atoms with E-state index in [9.17, 15) is 4.79 Å². The molecule has 2 rings (SSSR count). The van der Waals surface area contributed by atoms with Crippen molar-refractivity contribution >= 4 is 53.1 Å². The summed E-state index contributed by atoms with van der Waals surface area (Å²) in [7, 11) is 0. The minimum Gasteiger partial charge on any atom is -0.345 e. The van der Waals surface area contributed by atoms with Gasteiger partial charge in [0.05, 0.1) is 10.9 Å². The SMILES string of the molecule is CC(NC(=O)c1cc(S)cs1)c1ccc(Cl)cc1Cl. The predicted molar refractivity (Wildman–Crippen MR) is 83.9 cm³/mol. The molecule has 0 aliphatic rings. The van der Waals surface area contributed by atoms with Crippen molar-refractivity contribution in [1.29, 1.82) is 0 Å². The zero-order chi connectivity index (χ0) is 14.0. The first-order valence-corrected chi connectivity index (χ1v) is 7.59. The molecule has 1 amide bonds. The smallest absolute Gasteiger partial charge is 0.261 e. The number of benzene rings is 1. The zero-order valence-electron chi connectivity index (χ0n) is 9.98. The molecule has 1 aromatic heterocycles. The van der Waals surface area contributed by atoms with Gasteiger partial charge < -0.3 is 5.32 Å². The third-order valence-electron chi connectivity index (χ3n) is 2.59. The number of carbonyl (C=O) groups excluding carboxylic acids is 1. The van der Waals surface area contributed by atoms with Crippen LogP contribution in [0.3, 0.4) is 0 Å². The van der Waals surface area contributed by atoms with Crippen molar-refractivity contribution in [3.63, 3.8) is 0 Å². The van der Waals surface area contributed by atoms with Crippen LogP contribution in [0.5, 0.6) is 0 Å². The maximum absolute atomic E-state index is 12.0. The standard InChI is InChI=1S/C13H11Cl2NOS2/c1-7(10-3-2-8(14)4-11(10)15)16-13(17)12-5-9(18)6-19-12/h2-7,18H,1H3,(H,16,17). The number of halogens is 2. The van der Waals surface area contributed by atoms with E-state index in [-0.39, 0.29) is 11.9 Å². The molecule has 0 saturated carbocycles. The Morgan fingerprint density at radius 1 is 1.37 bits per heavy atom. The Bertz CT molecular complexity index is 612. The van der Waals surface area contributed by atoms with Gasteiger partial charge in [-0.15, -0.1) is 24.0 Å². The van der Waals surface area contributed by atoms with E-state index in [1.807, 2.05) is 18.4 Å². The Morgan fingerprint density at radius 3 is 2.68 bits per heavy atom. The lowest BCUT2D eigenvalue weighted by atomic mass is 10.1.